The SMILES string of the molecule is C=CC1(CC)[n+]2ccc3cccc4c3c2-c2c(ccc(F)c2C4)C1(C)CC. The van der Waals surface area contributed by atoms with Crippen LogP contribution in [-0.4, -0.2) is 0 Å². The Hall–Kier alpha value is -2.48. The summed E-state index contributed by atoms with van der Waals surface area (Å²) < 4.78 is 17.4. The Morgan fingerprint density at radius 1 is 1.15 bits per heavy atom. The summed E-state index contributed by atoms with van der Waals surface area (Å²) >= 11 is 0. The molecular weight excluding hydrogens is 333 g/mol. The van der Waals surface area contributed by atoms with Crippen molar-refractivity contribution >= 4 is 10.8 Å². The molecule has 1 nitrogen and oxygen atoms in total. The third-order valence-corrected chi connectivity index (χ3v) is 7.49. The fraction of sp³-hybridized carbons (Fsp3) is 0.320. The molecule has 2 unspecified atom stereocenters. The first kappa shape index (κ1) is 16.7. The predicted molar refractivity (Wildman–Crippen MR) is 108 cm³/mol. The van der Waals surface area contributed by atoms with Crippen LogP contribution < -0.4 is 4.57 Å². The first-order chi connectivity index (χ1) is 13.0. The molecule has 2 atom stereocenters. The molecule has 0 radical (unpaired) electrons. The minimum atomic E-state index is -0.238. The third-order valence-electron chi connectivity index (χ3n) is 7.49. The van der Waals surface area contributed by atoms with Crippen molar-refractivity contribution in [3.63, 3.8) is 0 Å². The number of nitrogens with zero attached hydrogens (tertiary/aromatic N) is 1. The highest BCUT2D eigenvalue weighted by molar-refractivity contribution is 5.99. The van der Waals surface area contributed by atoms with E-state index in [0.29, 0.717) is 6.42 Å². The van der Waals surface area contributed by atoms with Gasteiger partial charge in [0.15, 0.2) is 11.7 Å². The second kappa shape index (κ2) is 5.28. The van der Waals surface area contributed by atoms with Gasteiger partial charge in [0.2, 0.25) is 5.69 Å². The summed E-state index contributed by atoms with van der Waals surface area (Å²) in [6.45, 7) is 11.1. The summed E-state index contributed by atoms with van der Waals surface area (Å²) in [4.78, 5) is 0. The van der Waals surface area contributed by atoms with Crippen molar-refractivity contribution in [2.45, 2.75) is 51.0 Å². The lowest BCUT2D eigenvalue weighted by atomic mass is 9.58. The van der Waals surface area contributed by atoms with Crippen molar-refractivity contribution in [2.24, 2.45) is 0 Å². The standard InChI is InChI=1S/C25H25FN/c1-5-24(4)19-11-12-20(26)18-15-17-10-8-9-16-13-14-27(25(24,6-2)7-3)23(21(16)17)22(18)19/h6,8-14H,2,5,7,15H2,1,3-4H3/q+1. The van der Waals surface area contributed by atoms with Crippen LogP contribution in [-0.2, 0) is 17.4 Å². The number of aromatic nitrogens is 1. The number of hydrogen-bond acceptors (Lipinski definition) is 0. The third kappa shape index (κ3) is 1.72. The van der Waals surface area contributed by atoms with Crippen LogP contribution in [0.5, 0.6) is 0 Å². The molecule has 2 heteroatoms. The largest absolute Gasteiger partial charge is 0.222 e. The van der Waals surface area contributed by atoms with Crippen molar-refractivity contribution in [3.8, 4) is 11.3 Å². The number of benzene rings is 2. The van der Waals surface area contributed by atoms with Crippen molar-refractivity contribution < 1.29 is 8.96 Å². The predicted octanol–water partition coefficient (Wildman–Crippen LogP) is 5.81. The molecule has 2 heterocycles. The second-order valence-electron chi connectivity index (χ2n) is 8.21. The van der Waals surface area contributed by atoms with Gasteiger partial charge in [-0.05, 0) is 42.0 Å². The van der Waals surface area contributed by atoms with Crippen molar-refractivity contribution in [1.29, 1.82) is 0 Å². The second-order valence-corrected chi connectivity index (χ2v) is 8.21. The van der Waals surface area contributed by atoms with Crippen LogP contribution in [0, 0.1) is 5.82 Å². The summed E-state index contributed by atoms with van der Waals surface area (Å²) in [5.74, 6) is -0.0899. The van der Waals surface area contributed by atoms with Crippen LogP contribution in [0.25, 0.3) is 22.0 Å². The van der Waals surface area contributed by atoms with Gasteiger partial charge in [-0.15, -0.1) is 0 Å². The number of halogens is 1. The van der Waals surface area contributed by atoms with Crippen LogP contribution in [0.2, 0.25) is 0 Å². The Balaban J connectivity index is 2.08. The van der Waals surface area contributed by atoms with E-state index in [9.17, 15) is 4.39 Å². The van der Waals surface area contributed by atoms with Gasteiger partial charge in [0.1, 0.15) is 5.82 Å². The summed E-state index contributed by atoms with van der Waals surface area (Å²) in [5, 5.41) is 2.51. The number of pyridine rings is 1. The van der Waals surface area contributed by atoms with E-state index in [1.54, 1.807) is 6.07 Å². The lowest BCUT2D eigenvalue weighted by molar-refractivity contribution is -0.755. The average molecular weight is 358 g/mol. The highest BCUT2D eigenvalue weighted by Crippen LogP contribution is 2.54. The molecule has 1 aromatic heterocycles. The van der Waals surface area contributed by atoms with E-state index in [1.807, 2.05) is 6.07 Å². The van der Waals surface area contributed by atoms with E-state index < -0.39 is 0 Å². The van der Waals surface area contributed by atoms with Crippen molar-refractivity contribution in [3.05, 3.63) is 77.8 Å². The monoisotopic (exact) mass is 358 g/mol. The van der Waals surface area contributed by atoms with Crippen LogP contribution in [0.15, 0.2) is 55.3 Å². The van der Waals surface area contributed by atoms with E-state index in [0.717, 1.165) is 24.0 Å². The Labute approximate surface area is 160 Å². The highest BCUT2D eigenvalue weighted by atomic mass is 19.1. The van der Waals surface area contributed by atoms with Gasteiger partial charge in [0, 0.05) is 24.5 Å². The van der Waals surface area contributed by atoms with Gasteiger partial charge < -0.3 is 0 Å². The lowest BCUT2D eigenvalue weighted by Crippen LogP contribution is -2.68. The molecule has 2 aromatic carbocycles. The topological polar surface area (TPSA) is 3.88 Å². The molecule has 0 bridgehead atoms. The molecule has 0 fully saturated rings. The van der Waals surface area contributed by atoms with Crippen LogP contribution in [0.1, 0.15) is 50.3 Å². The van der Waals surface area contributed by atoms with Crippen molar-refractivity contribution in [1.82, 2.24) is 0 Å². The van der Waals surface area contributed by atoms with E-state index in [1.165, 1.54) is 27.6 Å². The Bertz CT molecular complexity index is 1130. The quantitative estimate of drug-likeness (QED) is 0.321. The summed E-state index contributed by atoms with van der Waals surface area (Å²) in [6.07, 6.45) is 6.90. The maximum Gasteiger partial charge on any atom is 0.222 e. The maximum atomic E-state index is 15.0. The fourth-order valence-electron chi connectivity index (χ4n) is 5.86. The van der Waals surface area contributed by atoms with Gasteiger partial charge in [0.25, 0.3) is 0 Å². The molecule has 27 heavy (non-hydrogen) atoms. The highest BCUT2D eigenvalue weighted by Gasteiger charge is 2.59. The molecule has 2 aliphatic rings. The van der Waals surface area contributed by atoms with Crippen LogP contribution in [0.4, 0.5) is 4.39 Å². The molecule has 0 N–H and O–H groups in total. The van der Waals surface area contributed by atoms with Gasteiger partial charge >= 0.3 is 0 Å². The van der Waals surface area contributed by atoms with E-state index in [2.05, 4.69) is 68.5 Å². The number of hydrogen-bond donors (Lipinski definition) is 0. The first-order valence-corrected chi connectivity index (χ1v) is 9.95. The molecule has 1 aliphatic heterocycles. The molecule has 0 spiro atoms. The van der Waals surface area contributed by atoms with E-state index in [4.69, 9.17) is 0 Å². The summed E-state index contributed by atoms with van der Waals surface area (Å²) in [6, 6.07) is 12.3. The van der Waals surface area contributed by atoms with Crippen molar-refractivity contribution in [2.75, 3.05) is 0 Å². The maximum absolute atomic E-state index is 15.0. The van der Waals surface area contributed by atoms with Gasteiger partial charge in [-0.1, -0.05) is 44.7 Å². The summed E-state index contributed by atoms with van der Waals surface area (Å²) in [7, 11) is 0. The fourth-order valence-corrected chi connectivity index (χ4v) is 5.86. The zero-order chi connectivity index (χ0) is 19.0. The van der Waals surface area contributed by atoms with Gasteiger partial charge in [0.05, 0.1) is 16.4 Å². The lowest BCUT2D eigenvalue weighted by Gasteiger charge is -2.47. The number of allylic oxidation sites excluding steroid dienone is 1. The minimum Gasteiger partial charge on any atom is -0.207 e. The minimum absolute atomic E-state index is 0.0899. The molecule has 1 aliphatic carbocycles. The van der Waals surface area contributed by atoms with E-state index >= 15 is 0 Å². The molecule has 0 saturated heterocycles. The van der Waals surface area contributed by atoms with Gasteiger partial charge in [-0.2, -0.15) is 4.57 Å². The zero-order valence-electron chi connectivity index (χ0n) is 16.3. The van der Waals surface area contributed by atoms with Gasteiger partial charge in [-0.3, -0.25) is 0 Å². The normalized spacial score (nSPS) is 24.9. The van der Waals surface area contributed by atoms with Crippen LogP contribution >= 0.6 is 0 Å². The Morgan fingerprint density at radius 2 is 1.96 bits per heavy atom. The van der Waals surface area contributed by atoms with E-state index in [-0.39, 0.29) is 16.8 Å². The molecule has 5 rings (SSSR count). The zero-order valence-corrected chi connectivity index (χ0v) is 16.3. The molecule has 3 aromatic rings. The smallest absolute Gasteiger partial charge is 0.207 e. The number of rotatable bonds is 3. The first-order valence-electron chi connectivity index (χ1n) is 9.95. The molecule has 0 saturated carbocycles. The van der Waals surface area contributed by atoms with Crippen LogP contribution in [0.3, 0.4) is 0 Å². The summed E-state index contributed by atoms with van der Waals surface area (Å²) in [5.41, 5.74) is 5.25. The Kier molecular flexibility index (Phi) is 3.26. The Morgan fingerprint density at radius 3 is 2.67 bits per heavy atom. The van der Waals surface area contributed by atoms with Gasteiger partial charge in [-0.25, -0.2) is 4.39 Å². The molecular formula is C25H25FN+. The molecule has 136 valence electrons. The molecule has 0 amide bonds. The average Bonchev–Trinajstić information content (AvgIpc) is 2.70.